The van der Waals surface area contributed by atoms with Crippen LogP contribution in [0.4, 0.5) is 4.79 Å². The van der Waals surface area contributed by atoms with Crippen molar-refractivity contribution in [1.82, 2.24) is 10.2 Å². The van der Waals surface area contributed by atoms with Crippen LogP contribution in [0.25, 0.3) is 0 Å². The molecule has 0 bridgehead atoms. The number of nitrogens with zero attached hydrogens (tertiary/aromatic N) is 1. The van der Waals surface area contributed by atoms with Gasteiger partial charge in [0.1, 0.15) is 0 Å². The average Bonchev–Trinajstić information content (AvgIpc) is 2.88. The van der Waals surface area contributed by atoms with Gasteiger partial charge in [0.05, 0.1) is 23.0 Å². The maximum Gasteiger partial charge on any atom is 0.317 e. The van der Waals surface area contributed by atoms with Gasteiger partial charge in [-0.05, 0) is 18.8 Å². The number of urea groups is 1. The first-order chi connectivity index (χ1) is 10.1. The first-order valence-corrected chi connectivity index (χ1v) is 11.2. The quantitative estimate of drug-likeness (QED) is 0.769. The fourth-order valence-corrected chi connectivity index (χ4v) is 6.38. The number of nitrogens with one attached hydrogen (secondary N) is 1. The van der Waals surface area contributed by atoms with E-state index in [1.807, 2.05) is 13.8 Å². The van der Waals surface area contributed by atoms with E-state index in [0.29, 0.717) is 19.4 Å². The van der Waals surface area contributed by atoms with Gasteiger partial charge in [-0.25, -0.2) is 21.6 Å². The molecule has 2 atom stereocenters. The summed E-state index contributed by atoms with van der Waals surface area (Å²) in [5, 5.41) is 2.76. The standard InChI is InChI=1S/C13H24N2O5S2/c1-10(2)7-15(12-4-6-22(19,20)9-12)13(16)14-11-3-5-21(17,18)8-11/h10-12H,3-9H2,1-2H3,(H,14,16). The molecule has 0 aromatic rings. The molecule has 22 heavy (non-hydrogen) atoms. The van der Waals surface area contributed by atoms with E-state index >= 15 is 0 Å². The second-order valence-electron chi connectivity index (χ2n) is 6.65. The van der Waals surface area contributed by atoms with Gasteiger partial charge >= 0.3 is 6.03 Å². The van der Waals surface area contributed by atoms with Gasteiger partial charge in [0, 0.05) is 18.6 Å². The number of rotatable bonds is 4. The molecule has 1 N–H and O–H groups in total. The summed E-state index contributed by atoms with van der Waals surface area (Å²) < 4.78 is 46.2. The van der Waals surface area contributed by atoms with Crippen LogP contribution in [-0.4, -0.2) is 69.4 Å². The molecule has 0 spiro atoms. The summed E-state index contributed by atoms with van der Waals surface area (Å²) in [6.07, 6.45) is 0.873. The van der Waals surface area contributed by atoms with Gasteiger partial charge in [-0.3, -0.25) is 0 Å². The molecule has 2 unspecified atom stereocenters. The predicted molar refractivity (Wildman–Crippen MR) is 84.2 cm³/mol. The summed E-state index contributed by atoms with van der Waals surface area (Å²) in [4.78, 5) is 14.0. The van der Waals surface area contributed by atoms with Crippen LogP contribution in [-0.2, 0) is 19.7 Å². The molecule has 2 aliphatic rings. The van der Waals surface area contributed by atoms with Crippen LogP contribution in [0, 0.1) is 5.92 Å². The fraction of sp³-hybridized carbons (Fsp3) is 0.923. The van der Waals surface area contributed by atoms with Gasteiger partial charge in [-0.1, -0.05) is 13.8 Å². The molecule has 0 aromatic carbocycles. The third-order valence-corrected chi connectivity index (χ3v) is 7.55. The Labute approximate surface area is 132 Å². The smallest absolute Gasteiger partial charge is 0.317 e. The number of amides is 2. The van der Waals surface area contributed by atoms with Crippen LogP contribution < -0.4 is 5.32 Å². The molecule has 0 aromatic heterocycles. The maximum atomic E-state index is 12.5. The molecule has 2 saturated heterocycles. The van der Waals surface area contributed by atoms with Crippen molar-refractivity contribution < 1.29 is 21.6 Å². The van der Waals surface area contributed by atoms with E-state index in [0.717, 1.165) is 0 Å². The first kappa shape index (κ1) is 17.5. The zero-order valence-electron chi connectivity index (χ0n) is 13.0. The van der Waals surface area contributed by atoms with Crippen molar-refractivity contribution >= 4 is 25.7 Å². The third-order valence-electron chi connectivity index (χ3n) is 4.03. The summed E-state index contributed by atoms with van der Waals surface area (Å²) in [6.45, 7) is 4.39. The Morgan fingerprint density at radius 2 is 1.68 bits per heavy atom. The van der Waals surface area contributed by atoms with Crippen LogP contribution in [0.1, 0.15) is 26.7 Å². The molecule has 128 valence electrons. The SMILES string of the molecule is CC(C)CN(C(=O)NC1CCS(=O)(=O)C1)C1CCS(=O)(=O)C1. The highest BCUT2D eigenvalue weighted by Crippen LogP contribution is 2.20. The lowest BCUT2D eigenvalue weighted by Crippen LogP contribution is -2.51. The van der Waals surface area contributed by atoms with Crippen LogP contribution >= 0.6 is 0 Å². The molecule has 2 fully saturated rings. The molecular formula is C13H24N2O5S2. The van der Waals surface area contributed by atoms with Crippen molar-refractivity contribution in [3.63, 3.8) is 0 Å². The third kappa shape index (κ3) is 4.58. The lowest BCUT2D eigenvalue weighted by Gasteiger charge is -2.31. The largest absolute Gasteiger partial charge is 0.334 e. The van der Waals surface area contributed by atoms with E-state index in [-0.39, 0.29) is 47.0 Å². The van der Waals surface area contributed by atoms with Crippen LogP contribution in [0.3, 0.4) is 0 Å². The number of hydrogen-bond acceptors (Lipinski definition) is 5. The Balaban J connectivity index is 2.04. The Bertz CT molecular complexity index is 627. The van der Waals surface area contributed by atoms with E-state index in [9.17, 15) is 21.6 Å². The normalized spacial score (nSPS) is 29.6. The van der Waals surface area contributed by atoms with Crippen molar-refractivity contribution in [2.45, 2.75) is 38.8 Å². The molecule has 2 heterocycles. The zero-order chi connectivity index (χ0) is 16.5. The molecule has 2 rings (SSSR count). The molecule has 7 nitrogen and oxygen atoms in total. The Hall–Kier alpha value is -0.830. The lowest BCUT2D eigenvalue weighted by molar-refractivity contribution is 0.168. The summed E-state index contributed by atoms with van der Waals surface area (Å²) in [5.41, 5.74) is 0. The molecular weight excluding hydrogens is 328 g/mol. The highest BCUT2D eigenvalue weighted by Gasteiger charge is 2.36. The Morgan fingerprint density at radius 1 is 1.09 bits per heavy atom. The second-order valence-corrected chi connectivity index (χ2v) is 11.1. The van der Waals surface area contributed by atoms with E-state index in [4.69, 9.17) is 0 Å². The maximum absolute atomic E-state index is 12.5. The fourth-order valence-electron chi connectivity index (χ4n) is 2.98. The minimum atomic E-state index is -3.07. The summed E-state index contributed by atoms with van der Waals surface area (Å²) >= 11 is 0. The molecule has 0 radical (unpaired) electrons. The van der Waals surface area contributed by atoms with Crippen molar-refractivity contribution in [2.75, 3.05) is 29.6 Å². The van der Waals surface area contributed by atoms with Gasteiger partial charge in [-0.15, -0.1) is 0 Å². The Kier molecular flexibility index (Phi) is 5.06. The average molecular weight is 352 g/mol. The number of carbonyl (C=O) groups excluding carboxylic acids is 1. The minimum Gasteiger partial charge on any atom is -0.334 e. The van der Waals surface area contributed by atoms with E-state index in [2.05, 4.69) is 5.32 Å². The highest BCUT2D eigenvalue weighted by atomic mass is 32.2. The highest BCUT2D eigenvalue weighted by molar-refractivity contribution is 7.91. The van der Waals surface area contributed by atoms with E-state index in [1.54, 1.807) is 4.90 Å². The van der Waals surface area contributed by atoms with Crippen molar-refractivity contribution in [3.8, 4) is 0 Å². The zero-order valence-corrected chi connectivity index (χ0v) is 14.6. The monoisotopic (exact) mass is 352 g/mol. The van der Waals surface area contributed by atoms with Crippen molar-refractivity contribution in [2.24, 2.45) is 5.92 Å². The van der Waals surface area contributed by atoms with Crippen LogP contribution in [0.5, 0.6) is 0 Å². The predicted octanol–water partition coefficient (Wildman–Crippen LogP) is 0.0282. The molecule has 9 heteroatoms. The lowest BCUT2D eigenvalue weighted by atomic mass is 10.1. The van der Waals surface area contributed by atoms with Gasteiger partial charge in [0.25, 0.3) is 0 Å². The van der Waals surface area contributed by atoms with Crippen LogP contribution in [0.2, 0.25) is 0 Å². The molecule has 2 amide bonds. The topological polar surface area (TPSA) is 101 Å². The van der Waals surface area contributed by atoms with Gasteiger partial charge in [0.15, 0.2) is 19.7 Å². The van der Waals surface area contributed by atoms with Crippen molar-refractivity contribution in [1.29, 1.82) is 0 Å². The number of carbonyl (C=O) groups is 1. The minimum absolute atomic E-state index is 0.00386. The Morgan fingerprint density at radius 3 is 2.14 bits per heavy atom. The molecule has 2 aliphatic heterocycles. The summed E-state index contributed by atoms with van der Waals surface area (Å²) in [7, 11) is -6.13. The van der Waals surface area contributed by atoms with E-state index in [1.165, 1.54) is 0 Å². The molecule has 0 saturated carbocycles. The van der Waals surface area contributed by atoms with Gasteiger partial charge < -0.3 is 10.2 Å². The van der Waals surface area contributed by atoms with Crippen LogP contribution in [0.15, 0.2) is 0 Å². The summed E-state index contributed by atoms with van der Waals surface area (Å²) in [6, 6.07) is -1.03. The van der Waals surface area contributed by atoms with Gasteiger partial charge in [-0.2, -0.15) is 0 Å². The summed E-state index contributed by atoms with van der Waals surface area (Å²) in [5.74, 6) is 0.381. The number of hydrogen-bond donors (Lipinski definition) is 1. The second kappa shape index (κ2) is 6.35. The van der Waals surface area contributed by atoms with E-state index < -0.39 is 19.7 Å². The first-order valence-electron chi connectivity index (χ1n) is 7.56. The molecule has 0 aliphatic carbocycles. The number of sulfone groups is 2. The van der Waals surface area contributed by atoms with Crippen molar-refractivity contribution in [3.05, 3.63) is 0 Å². The van der Waals surface area contributed by atoms with Gasteiger partial charge in [0.2, 0.25) is 0 Å².